The van der Waals surface area contributed by atoms with Crippen molar-refractivity contribution in [3.05, 3.63) is 90.6 Å². The molecule has 0 spiro atoms. The van der Waals surface area contributed by atoms with Gasteiger partial charge in [0.15, 0.2) is 5.13 Å². The van der Waals surface area contributed by atoms with Crippen LogP contribution in [0.25, 0.3) is 0 Å². The van der Waals surface area contributed by atoms with E-state index in [0.717, 1.165) is 24.3 Å². The number of carbonyl (C=O) groups excluding carboxylic acids is 1. The molecule has 0 fully saturated rings. The monoisotopic (exact) mass is 416 g/mol. The normalized spacial score (nSPS) is 10.4. The summed E-state index contributed by atoms with van der Waals surface area (Å²) in [7, 11) is 0. The van der Waals surface area contributed by atoms with Crippen molar-refractivity contribution >= 4 is 38.8 Å². The fraction of sp³-hybridized carbons (Fsp3) is 0.0909. The Hall–Kier alpha value is -3.78. The molecule has 3 N–H and O–H groups in total. The van der Waals surface area contributed by atoms with Gasteiger partial charge < -0.3 is 16.0 Å². The lowest BCUT2D eigenvalue weighted by Gasteiger charge is -2.08. The van der Waals surface area contributed by atoms with Crippen LogP contribution >= 0.6 is 11.3 Å². The maximum absolute atomic E-state index is 12.5. The van der Waals surface area contributed by atoms with E-state index in [-0.39, 0.29) is 5.91 Å². The van der Waals surface area contributed by atoms with E-state index in [2.05, 4.69) is 30.9 Å². The molecule has 1 aromatic carbocycles. The second kappa shape index (κ2) is 9.62. The van der Waals surface area contributed by atoms with Crippen molar-refractivity contribution in [1.29, 1.82) is 0 Å². The quantitative estimate of drug-likeness (QED) is 0.389. The highest BCUT2D eigenvalue weighted by Crippen LogP contribution is 2.26. The Labute approximate surface area is 178 Å². The number of pyridine rings is 2. The lowest BCUT2D eigenvalue weighted by Crippen LogP contribution is -2.11. The van der Waals surface area contributed by atoms with Crippen LogP contribution in [0.15, 0.2) is 79.5 Å². The van der Waals surface area contributed by atoms with Crippen molar-refractivity contribution in [1.82, 2.24) is 15.0 Å². The van der Waals surface area contributed by atoms with Gasteiger partial charge in [0.05, 0.1) is 18.1 Å². The molecule has 8 heteroatoms. The molecule has 0 unspecified atom stereocenters. The number of nitrogens with one attached hydrogen (secondary N) is 3. The second-order valence-corrected chi connectivity index (χ2v) is 7.49. The molecule has 0 radical (unpaired) electrons. The zero-order valence-corrected chi connectivity index (χ0v) is 16.9. The zero-order chi connectivity index (χ0) is 20.6. The Morgan fingerprint density at radius 3 is 2.50 bits per heavy atom. The minimum atomic E-state index is -0.171. The van der Waals surface area contributed by atoms with E-state index < -0.39 is 0 Å². The minimum Gasteiger partial charge on any atom is -0.385 e. The van der Waals surface area contributed by atoms with Crippen LogP contribution in [0.2, 0.25) is 0 Å². The molecule has 150 valence electrons. The summed E-state index contributed by atoms with van der Waals surface area (Å²) in [5.74, 6) is -0.171. The molecular formula is C22H20N6OS. The second-order valence-electron chi connectivity index (χ2n) is 6.46. The van der Waals surface area contributed by atoms with E-state index in [4.69, 9.17) is 0 Å². The van der Waals surface area contributed by atoms with Crippen molar-refractivity contribution in [3.63, 3.8) is 0 Å². The number of amides is 1. The number of hydrogen-bond donors (Lipinski definition) is 3. The summed E-state index contributed by atoms with van der Waals surface area (Å²) in [6, 6.07) is 15.2. The summed E-state index contributed by atoms with van der Waals surface area (Å²) < 4.78 is 0. The summed E-state index contributed by atoms with van der Waals surface area (Å²) >= 11 is 1.36. The van der Waals surface area contributed by atoms with E-state index in [1.165, 1.54) is 16.9 Å². The Morgan fingerprint density at radius 1 is 0.900 bits per heavy atom. The largest absolute Gasteiger partial charge is 0.385 e. The van der Waals surface area contributed by atoms with Gasteiger partial charge in [-0.05, 0) is 60.5 Å². The van der Waals surface area contributed by atoms with E-state index in [0.29, 0.717) is 15.7 Å². The average molecular weight is 417 g/mol. The van der Waals surface area contributed by atoms with Crippen LogP contribution in [0.4, 0.5) is 21.5 Å². The molecule has 0 aliphatic carbocycles. The molecule has 3 aromatic heterocycles. The van der Waals surface area contributed by atoms with Crippen LogP contribution in [0.1, 0.15) is 15.9 Å². The van der Waals surface area contributed by atoms with Gasteiger partial charge in [0.1, 0.15) is 5.00 Å². The third-order valence-electron chi connectivity index (χ3n) is 4.29. The lowest BCUT2D eigenvalue weighted by atomic mass is 10.1. The Balaban J connectivity index is 1.28. The summed E-state index contributed by atoms with van der Waals surface area (Å²) in [6.45, 7) is 0.809. The average Bonchev–Trinajstić information content (AvgIpc) is 3.22. The van der Waals surface area contributed by atoms with E-state index in [1.54, 1.807) is 43.1 Å². The molecule has 0 bridgehead atoms. The van der Waals surface area contributed by atoms with E-state index >= 15 is 0 Å². The molecule has 3 heterocycles. The smallest absolute Gasteiger partial charge is 0.256 e. The molecule has 1 amide bonds. The van der Waals surface area contributed by atoms with Crippen LogP contribution in [0, 0.1) is 0 Å². The molecule has 4 rings (SSSR count). The molecule has 30 heavy (non-hydrogen) atoms. The van der Waals surface area contributed by atoms with Gasteiger partial charge in [-0.1, -0.05) is 11.3 Å². The standard InChI is InChI=1S/C22H20N6OS/c29-21(28-20-15-26-22(30-20)27-19-2-1-10-24-14-19)17-3-5-18(6-4-17)25-13-9-16-7-11-23-12-8-16/h1-8,10-12,14-15,25H,9,13H2,(H,26,27)(H,28,29). The summed E-state index contributed by atoms with van der Waals surface area (Å²) in [5.41, 5.74) is 3.64. The van der Waals surface area contributed by atoms with Gasteiger partial charge in [-0.3, -0.25) is 14.8 Å². The minimum absolute atomic E-state index is 0.171. The zero-order valence-electron chi connectivity index (χ0n) is 16.1. The maximum Gasteiger partial charge on any atom is 0.256 e. The fourth-order valence-electron chi connectivity index (χ4n) is 2.77. The molecule has 7 nitrogen and oxygen atoms in total. The molecular weight excluding hydrogens is 396 g/mol. The van der Waals surface area contributed by atoms with Gasteiger partial charge in [0.2, 0.25) is 0 Å². The highest BCUT2D eigenvalue weighted by Gasteiger charge is 2.09. The molecule has 0 saturated carbocycles. The van der Waals surface area contributed by atoms with Gasteiger partial charge in [-0.2, -0.15) is 0 Å². The van der Waals surface area contributed by atoms with Crippen LogP contribution in [-0.2, 0) is 6.42 Å². The van der Waals surface area contributed by atoms with Crippen molar-refractivity contribution in [2.24, 2.45) is 0 Å². The number of rotatable bonds is 8. The first-order valence-electron chi connectivity index (χ1n) is 9.43. The van der Waals surface area contributed by atoms with E-state index in [9.17, 15) is 4.79 Å². The first-order chi connectivity index (χ1) is 14.8. The van der Waals surface area contributed by atoms with Crippen LogP contribution in [-0.4, -0.2) is 27.4 Å². The number of carbonyl (C=O) groups is 1. The van der Waals surface area contributed by atoms with E-state index in [1.807, 2.05) is 36.4 Å². The van der Waals surface area contributed by atoms with Crippen molar-refractivity contribution in [3.8, 4) is 0 Å². The summed E-state index contributed by atoms with van der Waals surface area (Å²) in [5, 5.41) is 10.8. The SMILES string of the molecule is O=C(Nc1cnc(Nc2cccnc2)s1)c1ccc(NCCc2ccncc2)cc1. The molecule has 0 saturated heterocycles. The fourth-order valence-corrected chi connectivity index (χ4v) is 3.51. The Morgan fingerprint density at radius 2 is 1.73 bits per heavy atom. The number of thiazole rings is 1. The van der Waals surface area contributed by atoms with Gasteiger partial charge in [-0.15, -0.1) is 0 Å². The van der Waals surface area contributed by atoms with Crippen LogP contribution in [0.5, 0.6) is 0 Å². The predicted octanol–water partition coefficient (Wildman–Crippen LogP) is 4.58. The number of aromatic nitrogens is 3. The van der Waals surface area contributed by atoms with Crippen molar-refractivity contribution in [2.45, 2.75) is 6.42 Å². The van der Waals surface area contributed by atoms with Crippen molar-refractivity contribution in [2.75, 3.05) is 22.5 Å². The number of anilines is 4. The summed E-state index contributed by atoms with van der Waals surface area (Å²) in [6.07, 6.45) is 9.56. The van der Waals surface area contributed by atoms with Crippen molar-refractivity contribution < 1.29 is 4.79 Å². The molecule has 0 aliphatic rings. The first kappa shape index (κ1) is 19.5. The topological polar surface area (TPSA) is 91.8 Å². The predicted molar refractivity (Wildman–Crippen MR) is 120 cm³/mol. The van der Waals surface area contributed by atoms with Crippen LogP contribution in [0.3, 0.4) is 0 Å². The van der Waals surface area contributed by atoms with Gasteiger partial charge in [0, 0.05) is 36.4 Å². The lowest BCUT2D eigenvalue weighted by molar-refractivity contribution is 0.102. The van der Waals surface area contributed by atoms with Gasteiger partial charge in [0.25, 0.3) is 5.91 Å². The number of nitrogens with zero attached hydrogens (tertiary/aromatic N) is 3. The van der Waals surface area contributed by atoms with Crippen LogP contribution < -0.4 is 16.0 Å². The highest BCUT2D eigenvalue weighted by atomic mass is 32.1. The van der Waals surface area contributed by atoms with Gasteiger partial charge >= 0.3 is 0 Å². The number of benzene rings is 1. The summed E-state index contributed by atoms with van der Waals surface area (Å²) in [4.78, 5) is 24.9. The molecule has 0 atom stereocenters. The molecule has 0 aliphatic heterocycles. The Kier molecular flexibility index (Phi) is 6.26. The third kappa shape index (κ3) is 5.39. The third-order valence-corrected chi connectivity index (χ3v) is 5.12. The van der Waals surface area contributed by atoms with Gasteiger partial charge in [-0.25, -0.2) is 4.98 Å². The Bertz CT molecular complexity index is 1080. The molecule has 4 aromatic rings. The maximum atomic E-state index is 12.5. The highest BCUT2D eigenvalue weighted by molar-refractivity contribution is 7.19. The first-order valence-corrected chi connectivity index (χ1v) is 10.2. The number of hydrogen-bond acceptors (Lipinski definition) is 7.